The Hall–Kier alpha value is -2.40. The van der Waals surface area contributed by atoms with Crippen LogP contribution in [-0.4, -0.2) is 24.5 Å². The molecule has 148 valence electrons. The van der Waals surface area contributed by atoms with Gasteiger partial charge in [-0.05, 0) is 55.2 Å². The molecule has 4 rings (SSSR count). The van der Waals surface area contributed by atoms with Crippen molar-refractivity contribution in [2.45, 2.75) is 30.3 Å². The van der Waals surface area contributed by atoms with E-state index in [1.54, 1.807) is 18.2 Å². The molecule has 1 amide bonds. The molecule has 2 fully saturated rings. The number of hydrogen-bond acceptors (Lipinski definition) is 4. The highest BCUT2D eigenvalue weighted by atomic mass is 127. The number of anilines is 1. The number of nitriles is 1. The lowest BCUT2D eigenvalue weighted by molar-refractivity contribution is -0.120. The van der Waals surface area contributed by atoms with Crippen molar-refractivity contribution in [1.82, 2.24) is 0 Å². The summed E-state index contributed by atoms with van der Waals surface area (Å²) in [4.78, 5) is 27.4. The van der Waals surface area contributed by atoms with Gasteiger partial charge in [0.05, 0.1) is 17.2 Å². The van der Waals surface area contributed by atoms with E-state index in [-0.39, 0.29) is 29.8 Å². The maximum absolute atomic E-state index is 13.1. The number of fused-ring (bicyclic) bond motifs is 1. The lowest BCUT2D eigenvalue weighted by Gasteiger charge is -2.24. The fourth-order valence-electron chi connectivity index (χ4n) is 4.54. The van der Waals surface area contributed by atoms with E-state index in [0.717, 1.165) is 29.7 Å². The summed E-state index contributed by atoms with van der Waals surface area (Å²) in [6.07, 6.45) is 1.21. The van der Waals surface area contributed by atoms with E-state index in [1.807, 2.05) is 36.1 Å². The normalized spacial score (nSPS) is 23.0. The second-order valence-corrected chi connectivity index (χ2v) is 8.35. The number of carbonyl (C=O) groups excluding carboxylic acids is 2. The third kappa shape index (κ3) is 3.52. The molecule has 0 aromatic heterocycles. The first-order valence-corrected chi connectivity index (χ1v) is 11.2. The monoisotopic (exact) mass is 500 g/mol. The van der Waals surface area contributed by atoms with Crippen molar-refractivity contribution in [3.8, 4) is 6.07 Å². The lowest BCUT2D eigenvalue weighted by atomic mass is 9.99. The van der Waals surface area contributed by atoms with Crippen LogP contribution in [0.25, 0.3) is 0 Å². The first kappa shape index (κ1) is 19.9. The molecule has 0 N–H and O–H groups in total. The fraction of sp³-hybridized carbons (Fsp3) is 0.348. The van der Waals surface area contributed by atoms with Gasteiger partial charge in [-0.2, -0.15) is 5.26 Å². The number of amides is 1. The Labute approximate surface area is 183 Å². The predicted octanol–water partition coefficient (Wildman–Crippen LogP) is 4.40. The Bertz CT molecular complexity index is 999. The molecule has 2 aromatic carbocycles. The van der Waals surface area contributed by atoms with Crippen LogP contribution < -0.4 is 4.90 Å². The predicted molar refractivity (Wildman–Crippen MR) is 118 cm³/mol. The minimum absolute atomic E-state index is 0.00765. The highest BCUT2D eigenvalue weighted by Gasteiger charge is 2.50. The summed E-state index contributed by atoms with van der Waals surface area (Å²) >= 11 is 2.25. The van der Waals surface area contributed by atoms with E-state index in [0.29, 0.717) is 22.1 Å². The van der Waals surface area contributed by atoms with Gasteiger partial charge < -0.3 is 9.64 Å². The zero-order valence-corrected chi connectivity index (χ0v) is 18.3. The number of benzene rings is 2. The Kier molecular flexibility index (Phi) is 5.59. The number of esters is 1. The number of alkyl halides is 1. The van der Waals surface area contributed by atoms with E-state index in [4.69, 9.17) is 4.74 Å². The number of nitrogens with zero attached hydrogens (tertiary/aromatic N) is 2. The van der Waals surface area contributed by atoms with Crippen LogP contribution >= 0.6 is 22.6 Å². The summed E-state index contributed by atoms with van der Waals surface area (Å²) in [6.45, 7) is 2.52. The first-order chi connectivity index (χ1) is 14.0. The van der Waals surface area contributed by atoms with E-state index in [9.17, 15) is 14.9 Å². The van der Waals surface area contributed by atoms with Crippen LogP contribution in [-0.2, 0) is 14.0 Å². The number of hydrogen-bond donors (Lipinski definition) is 0. The van der Waals surface area contributed by atoms with Crippen molar-refractivity contribution in [3.63, 3.8) is 0 Å². The molecule has 2 aliphatic rings. The van der Waals surface area contributed by atoms with Crippen molar-refractivity contribution in [3.05, 3.63) is 64.7 Å². The molecule has 1 aliphatic carbocycles. The van der Waals surface area contributed by atoms with E-state index in [1.165, 1.54) is 0 Å². The molecular weight excluding hydrogens is 479 g/mol. The molecule has 2 aromatic rings. The molecular formula is C23H21IN2O3. The van der Waals surface area contributed by atoms with Crippen LogP contribution in [0.1, 0.15) is 39.9 Å². The molecule has 5 nitrogen and oxygen atoms in total. The summed E-state index contributed by atoms with van der Waals surface area (Å²) in [5.74, 6) is -0.334. The highest BCUT2D eigenvalue weighted by molar-refractivity contribution is 14.1. The molecule has 1 aliphatic heterocycles. The van der Waals surface area contributed by atoms with Crippen molar-refractivity contribution in [1.29, 1.82) is 5.26 Å². The average molecular weight is 500 g/mol. The van der Waals surface area contributed by atoms with Crippen LogP contribution in [0.3, 0.4) is 0 Å². The maximum atomic E-state index is 13.1. The van der Waals surface area contributed by atoms with Gasteiger partial charge in [0.25, 0.3) is 0 Å². The lowest BCUT2D eigenvalue weighted by Crippen LogP contribution is -2.30. The second kappa shape index (κ2) is 8.15. The fourth-order valence-corrected chi connectivity index (χ4v) is 5.52. The highest BCUT2D eigenvalue weighted by Crippen LogP contribution is 2.43. The van der Waals surface area contributed by atoms with Gasteiger partial charge in [0.15, 0.2) is 0 Å². The van der Waals surface area contributed by atoms with Gasteiger partial charge >= 0.3 is 5.97 Å². The maximum Gasteiger partial charge on any atom is 0.338 e. The molecule has 0 unspecified atom stereocenters. The Morgan fingerprint density at radius 2 is 2.00 bits per heavy atom. The number of carbonyl (C=O) groups is 2. The third-order valence-corrected chi connectivity index (χ3v) is 6.88. The van der Waals surface area contributed by atoms with E-state index in [2.05, 4.69) is 28.7 Å². The zero-order valence-electron chi connectivity index (χ0n) is 16.1. The molecule has 6 heteroatoms. The summed E-state index contributed by atoms with van der Waals surface area (Å²) in [7, 11) is 0. The van der Waals surface area contributed by atoms with Crippen LogP contribution in [0, 0.1) is 30.1 Å². The van der Waals surface area contributed by atoms with Gasteiger partial charge in [-0.15, -0.1) is 0 Å². The summed E-state index contributed by atoms with van der Waals surface area (Å²) in [5.41, 5.74) is 4.00. The minimum Gasteiger partial charge on any atom is -0.458 e. The summed E-state index contributed by atoms with van der Waals surface area (Å²) in [5, 5.41) is 9.34. The van der Waals surface area contributed by atoms with E-state index < -0.39 is 0 Å². The average Bonchev–Trinajstić information content (AvgIpc) is 3.28. The standard InChI is InChI=1S/C23H21IN2O3/c1-14-18(11-24)16(12-25)7-9-20(14)26-13-19-17(22(26)27)8-10-21(19)29-23(28)15-5-3-2-4-6-15/h2-7,9,17,19,21H,8,10-11,13H2,1H3/t17-,19-,21+/m1/s1. The van der Waals surface area contributed by atoms with Crippen LogP contribution in [0.2, 0.25) is 0 Å². The quantitative estimate of drug-likeness (QED) is 0.355. The molecule has 0 bridgehead atoms. The number of ether oxygens (including phenoxy) is 1. The van der Waals surface area contributed by atoms with Gasteiger partial charge in [0.2, 0.25) is 5.91 Å². The van der Waals surface area contributed by atoms with Gasteiger partial charge in [-0.1, -0.05) is 40.8 Å². The second-order valence-electron chi connectivity index (χ2n) is 7.59. The Balaban J connectivity index is 1.55. The van der Waals surface area contributed by atoms with Crippen molar-refractivity contribution in [2.75, 3.05) is 11.4 Å². The van der Waals surface area contributed by atoms with Gasteiger partial charge in [0.1, 0.15) is 6.10 Å². The zero-order chi connectivity index (χ0) is 20.5. The van der Waals surface area contributed by atoms with Gasteiger partial charge in [-0.25, -0.2) is 4.79 Å². The molecule has 29 heavy (non-hydrogen) atoms. The Morgan fingerprint density at radius 1 is 1.24 bits per heavy atom. The van der Waals surface area contributed by atoms with Gasteiger partial charge in [0, 0.05) is 28.5 Å². The Morgan fingerprint density at radius 3 is 2.69 bits per heavy atom. The van der Waals surface area contributed by atoms with Gasteiger partial charge in [-0.3, -0.25) is 4.79 Å². The van der Waals surface area contributed by atoms with E-state index >= 15 is 0 Å². The minimum atomic E-state index is -0.330. The van der Waals surface area contributed by atoms with Crippen molar-refractivity contribution < 1.29 is 14.3 Å². The molecule has 0 radical (unpaired) electrons. The molecule has 1 saturated carbocycles. The van der Waals surface area contributed by atoms with Crippen LogP contribution in [0.5, 0.6) is 0 Å². The molecule has 1 heterocycles. The summed E-state index contributed by atoms with van der Waals surface area (Å²) < 4.78 is 6.51. The molecule has 0 spiro atoms. The topological polar surface area (TPSA) is 70.4 Å². The number of rotatable bonds is 4. The van der Waals surface area contributed by atoms with Crippen LogP contribution in [0.4, 0.5) is 5.69 Å². The molecule has 1 saturated heterocycles. The smallest absolute Gasteiger partial charge is 0.338 e. The molecule has 3 atom stereocenters. The van der Waals surface area contributed by atoms with Crippen LogP contribution in [0.15, 0.2) is 42.5 Å². The van der Waals surface area contributed by atoms with Crippen molar-refractivity contribution >= 4 is 40.2 Å². The number of halogens is 1. The first-order valence-electron chi connectivity index (χ1n) is 9.71. The largest absolute Gasteiger partial charge is 0.458 e. The third-order valence-electron chi connectivity index (χ3n) is 6.12. The summed E-state index contributed by atoms with van der Waals surface area (Å²) in [6, 6.07) is 14.9. The SMILES string of the molecule is Cc1c(N2C[C@H]3[C@@H](OC(=O)c4ccccc4)CC[C@H]3C2=O)ccc(C#N)c1CI. The van der Waals surface area contributed by atoms with Crippen molar-refractivity contribution in [2.24, 2.45) is 11.8 Å².